The van der Waals surface area contributed by atoms with Crippen LogP contribution in [-0.4, -0.2) is 91.6 Å². The van der Waals surface area contributed by atoms with Crippen molar-refractivity contribution in [2.24, 2.45) is 0 Å². The second-order valence-electron chi connectivity index (χ2n) is 7.66. The number of halogens is 1. The first-order valence-electron chi connectivity index (χ1n) is 10.2. The number of hydrogen-bond acceptors (Lipinski definition) is 5. The van der Waals surface area contributed by atoms with Crippen LogP contribution >= 0.6 is 0 Å². The van der Waals surface area contributed by atoms with Crippen molar-refractivity contribution in [2.75, 3.05) is 53.0 Å². The fraction of sp³-hybridized carbons (Fsp3) is 0.619. The van der Waals surface area contributed by atoms with Gasteiger partial charge in [-0.05, 0) is 44.0 Å². The van der Waals surface area contributed by atoms with E-state index in [1.54, 1.807) is 17.0 Å². The van der Waals surface area contributed by atoms with E-state index < -0.39 is 0 Å². The Balaban J connectivity index is 1.46. The van der Waals surface area contributed by atoms with E-state index in [-0.39, 0.29) is 36.4 Å². The molecule has 2 fully saturated rings. The van der Waals surface area contributed by atoms with Gasteiger partial charge in [-0.1, -0.05) is 0 Å². The zero-order valence-electron chi connectivity index (χ0n) is 17.2. The van der Waals surface area contributed by atoms with E-state index in [1.165, 1.54) is 12.1 Å². The second kappa shape index (κ2) is 10.0. The molecule has 0 aliphatic carbocycles. The molecule has 0 N–H and O–H groups in total. The van der Waals surface area contributed by atoms with Crippen molar-refractivity contribution >= 4 is 11.8 Å². The van der Waals surface area contributed by atoms with E-state index in [0.29, 0.717) is 32.0 Å². The predicted octanol–water partition coefficient (Wildman–Crippen LogP) is 1.37. The summed E-state index contributed by atoms with van der Waals surface area (Å²) in [5.41, 5.74) is 0. The molecular weight excluding hydrogens is 377 g/mol. The van der Waals surface area contributed by atoms with Crippen molar-refractivity contribution in [1.82, 2.24) is 14.7 Å². The normalized spacial score (nSPS) is 21.3. The summed E-state index contributed by atoms with van der Waals surface area (Å²) in [4.78, 5) is 30.3. The highest BCUT2D eigenvalue weighted by Gasteiger charge is 2.34. The van der Waals surface area contributed by atoms with Gasteiger partial charge in [-0.15, -0.1) is 0 Å². The van der Waals surface area contributed by atoms with Gasteiger partial charge in [0, 0.05) is 32.7 Å². The Bertz CT molecular complexity index is 692. The third-order valence-corrected chi connectivity index (χ3v) is 5.67. The average Bonchev–Trinajstić information content (AvgIpc) is 2.74. The highest BCUT2D eigenvalue weighted by Crippen LogP contribution is 2.21. The van der Waals surface area contributed by atoms with Crippen LogP contribution in [0, 0.1) is 5.82 Å². The number of likely N-dealkylation sites (N-methyl/N-ethyl adjacent to an activating group) is 1. The topological polar surface area (TPSA) is 62.3 Å². The number of hydrogen-bond donors (Lipinski definition) is 0. The van der Waals surface area contributed by atoms with Crippen LogP contribution in [0.15, 0.2) is 24.3 Å². The summed E-state index contributed by atoms with van der Waals surface area (Å²) in [6, 6.07) is 6.02. The Morgan fingerprint density at radius 1 is 1.28 bits per heavy atom. The summed E-state index contributed by atoms with van der Waals surface area (Å²) in [5.74, 6) is 0.403. The van der Waals surface area contributed by atoms with E-state index in [1.807, 2.05) is 18.9 Å². The van der Waals surface area contributed by atoms with Crippen LogP contribution < -0.4 is 4.74 Å². The molecule has 2 amide bonds. The summed E-state index contributed by atoms with van der Waals surface area (Å²) in [6.07, 6.45) is 1.48. The van der Waals surface area contributed by atoms with Gasteiger partial charge in [-0.25, -0.2) is 4.39 Å². The first kappa shape index (κ1) is 21.5. The van der Waals surface area contributed by atoms with Crippen LogP contribution in [0.25, 0.3) is 0 Å². The van der Waals surface area contributed by atoms with Crippen molar-refractivity contribution in [3.8, 4) is 5.75 Å². The minimum atomic E-state index is -0.308. The minimum Gasteiger partial charge on any atom is -0.491 e. The SMILES string of the molecule is CCN(C)C(=O)CN1CCC(N2C[C@H](COc3ccc(F)cc3)OCC2=O)CC1. The maximum Gasteiger partial charge on any atom is 0.248 e. The minimum absolute atomic E-state index is 0.00303. The van der Waals surface area contributed by atoms with E-state index >= 15 is 0 Å². The van der Waals surface area contributed by atoms with E-state index in [0.717, 1.165) is 25.9 Å². The quantitative estimate of drug-likeness (QED) is 0.683. The van der Waals surface area contributed by atoms with Crippen LogP contribution in [0.4, 0.5) is 4.39 Å². The smallest absolute Gasteiger partial charge is 0.248 e. The van der Waals surface area contributed by atoms with Gasteiger partial charge in [0.05, 0.1) is 13.1 Å². The molecule has 0 spiro atoms. The molecule has 3 rings (SSSR count). The highest BCUT2D eigenvalue weighted by molar-refractivity contribution is 5.79. The second-order valence-corrected chi connectivity index (χ2v) is 7.66. The summed E-state index contributed by atoms with van der Waals surface area (Å²) < 4.78 is 24.3. The third-order valence-electron chi connectivity index (χ3n) is 5.67. The number of benzene rings is 1. The molecule has 0 aromatic heterocycles. The number of carbonyl (C=O) groups excluding carboxylic acids is 2. The summed E-state index contributed by atoms with van der Waals surface area (Å²) in [5, 5.41) is 0. The third kappa shape index (κ3) is 5.90. The lowest BCUT2D eigenvalue weighted by molar-refractivity contribution is -0.155. The van der Waals surface area contributed by atoms with Gasteiger partial charge in [-0.2, -0.15) is 0 Å². The number of likely N-dealkylation sites (tertiary alicyclic amines) is 1. The summed E-state index contributed by atoms with van der Waals surface area (Å²) >= 11 is 0. The van der Waals surface area contributed by atoms with Gasteiger partial charge in [0.2, 0.25) is 11.8 Å². The lowest BCUT2D eigenvalue weighted by Gasteiger charge is -2.42. The highest BCUT2D eigenvalue weighted by atomic mass is 19.1. The van der Waals surface area contributed by atoms with Gasteiger partial charge in [0.1, 0.15) is 30.9 Å². The molecule has 8 heteroatoms. The summed E-state index contributed by atoms with van der Waals surface area (Å²) in [7, 11) is 1.82. The monoisotopic (exact) mass is 407 g/mol. The number of amides is 2. The van der Waals surface area contributed by atoms with Crippen LogP contribution in [0.2, 0.25) is 0 Å². The largest absolute Gasteiger partial charge is 0.491 e. The van der Waals surface area contributed by atoms with Crippen LogP contribution in [0.3, 0.4) is 0 Å². The zero-order valence-corrected chi connectivity index (χ0v) is 17.2. The Morgan fingerprint density at radius 2 is 1.97 bits per heavy atom. The van der Waals surface area contributed by atoms with E-state index in [2.05, 4.69) is 4.90 Å². The van der Waals surface area contributed by atoms with Crippen molar-refractivity contribution in [3.63, 3.8) is 0 Å². The molecule has 160 valence electrons. The molecule has 2 aliphatic heterocycles. The van der Waals surface area contributed by atoms with Crippen molar-refractivity contribution in [1.29, 1.82) is 0 Å². The summed E-state index contributed by atoms with van der Waals surface area (Å²) in [6.45, 7) is 5.56. The maximum absolute atomic E-state index is 13.0. The molecule has 29 heavy (non-hydrogen) atoms. The fourth-order valence-corrected chi connectivity index (χ4v) is 3.70. The Morgan fingerprint density at radius 3 is 2.62 bits per heavy atom. The first-order valence-corrected chi connectivity index (χ1v) is 10.2. The van der Waals surface area contributed by atoms with Crippen LogP contribution in [0.1, 0.15) is 19.8 Å². The van der Waals surface area contributed by atoms with Gasteiger partial charge in [-0.3, -0.25) is 14.5 Å². The lowest BCUT2D eigenvalue weighted by Crippen LogP contribution is -2.56. The van der Waals surface area contributed by atoms with Crippen molar-refractivity contribution < 1.29 is 23.5 Å². The van der Waals surface area contributed by atoms with E-state index in [4.69, 9.17) is 9.47 Å². The van der Waals surface area contributed by atoms with Crippen molar-refractivity contribution in [3.05, 3.63) is 30.1 Å². The fourth-order valence-electron chi connectivity index (χ4n) is 3.70. The molecule has 1 aromatic carbocycles. The number of carbonyl (C=O) groups is 2. The maximum atomic E-state index is 13.0. The first-order chi connectivity index (χ1) is 14.0. The Kier molecular flexibility index (Phi) is 7.44. The lowest BCUT2D eigenvalue weighted by atomic mass is 10.0. The van der Waals surface area contributed by atoms with E-state index in [9.17, 15) is 14.0 Å². The molecule has 2 heterocycles. The molecule has 1 aromatic rings. The number of morpholine rings is 1. The Labute approximate surface area is 171 Å². The molecule has 0 radical (unpaired) electrons. The standard InChI is InChI=1S/C21H30FN3O4/c1-3-23(2)20(26)13-24-10-8-17(9-11-24)25-12-19(29-15-21(25)27)14-28-18-6-4-16(22)5-7-18/h4-7,17,19H,3,8-15H2,1-2H3/t19-/m1/s1. The number of rotatable bonds is 7. The molecule has 1 atom stereocenters. The Hall–Kier alpha value is -2.19. The average molecular weight is 407 g/mol. The molecule has 7 nitrogen and oxygen atoms in total. The van der Waals surface area contributed by atoms with Gasteiger partial charge in [0.15, 0.2) is 0 Å². The number of ether oxygens (including phenoxy) is 2. The molecule has 2 saturated heterocycles. The number of nitrogens with zero attached hydrogens (tertiary/aromatic N) is 3. The zero-order chi connectivity index (χ0) is 20.8. The van der Waals surface area contributed by atoms with Crippen molar-refractivity contribution in [2.45, 2.75) is 31.9 Å². The predicted molar refractivity (Wildman–Crippen MR) is 106 cm³/mol. The van der Waals surface area contributed by atoms with Gasteiger partial charge in [0.25, 0.3) is 0 Å². The molecule has 0 bridgehead atoms. The molecular formula is C21H30FN3O4. The molecule has 0 unspecified atom stereocenters. The van der Waals surface area contributed by atoms with Gasteiger partial charge < -0.3 is 19.3 Å². The van der Waals surface area contributed by atoms with Crippen LogP contribution in [-0.2, 0) is 14.3 Å². The number of piperidine rings is 1. The molecule has 2 aliphatic rings. The molecule has 0 saturated carbocycles. The van der Waals surface area contributed by atoms with Gasteiger partial charge >= 0.3 is 0 Å². The van der Waals surface area contributed by atoms with Crippen LogP contribution in [0.5, 0.6) is 5.75 Å².